The van der Waals surface area contributed by atoms with Gasteiger partial charge in [-0.3, -0.25) is 14.7 Å². The third-order valence-corrected chi connectivity index (χ3v) is 5.50. The van der Waals surface area contributed by atoms with Gasteiger partial charge < -0.3 is 10.6 Å². The number of nitriles is 1. The molecule has 3 atom stereocenters. The number of pyridine rings is 1. The summed E-state index contributed by atoms with van der Waals surface area (Å²) in [5.41, 5.74) is 8.39. The average Bonchev–Trinajstić information content (AvgIpc) is 3.27. The van der Waals surface area contributed by atoms with Gasteiger partial charge in [0.25, 0.3) is 0 Å². The molecule has 2 saturated heterocycles. The second-order valence-electron chi connectivity index (χ2n) is 7.32. The smallest absolute Gasteiger partial charge is 0.229 e. The predicted molar refractivity (Wildman–Crippen MR) is 98.8 cm³/mol. The minimum absolute atomic E-state index is 0.0423. The average molecular weight is 349 g/mol. The summed E-state index contributed by atoms with van der Waals surface area (Å²) < 4.78 is 0. The molecular weight excluding hydrogens is 326 g/mol. The largest absolute Gasteiger partial charge is 0.326 e. The summed E-state index contributed by atoms with van der Waals surface area (Å²) in [4.78, 5) is 21.3. The van der Waals surface area contributed by atoms with Crippen molar-refractivity contribution in [1.29, 1.82) is 5.26 Å². The molecule has 1 aromatic carbocycles. The lowest BCUT2D eigenvalue weighted by molar-refractivity contribution is -0.135. The van der Waals surface area contributed by atoms with Gasteiger partial charge >= 0.3 is 0 Å². The summed E-state index contributed by atoms with van der Waals surface area (Å²) in [7, 11) is 0. The first-order valence-electron chi connectivity index (χ1n) is 9.17. The minimum atomic E-state index is -0.284. The van der Waals surface area contributed by atoms with E-state index in [9.17, 15) is 10.1 Å². The van der Waals surface area contributed by atoms with Crippen LogP contribution in [0.5, 0.6) is 0 Å². The number of carbonyl (C=O) groups is 1. The first-order chi connectivity index (χ1) is 12.7. The normalized spacial score (nSPS) is 26.3. The second-order valence-corrected chi connectivity index (χ2v) is 7.32. The van der Waals surface area contributed by atoms with E-state index < -0.39 is 0 Å². The van der Waals surface area contributed by atoms with Crippen molar-refractivity contribution < 1.29 is 4.79 Å². The molecule has 0 aliphatic carbocycles. The van der Waals surface area contributed by atoms with Gasteiger partial charge in [0, 0.05) is 43.8 Å². The molecule has 3 heterocycles. The molecule has 1 amide bonds. The number of nitrogens with zero attached hydrogens (tertiary/aromatic N) is 4. The maximum Gasteiger partial charge on any atom is 0.229 e. The molecule has 2 fully saturated rings. The monoisotopic (exact) mass is 349 g/mol. The van der Waals surface area contributed by atoms with Crippen molar-refractivity contribution in [3.8, 4) is 6.07 Å². The summed E-state index contributed by atoms with van der Waals surface area (Å²) in [5, 5.41) is 10.4. The number of carbonyl (C=O) groups excluding carboxylic acids is 1. The van der Waals surface area contributed by atoms with Crippen LogP contribution in [-0.2, 0) is 11.3 Å². The van der Waals surface area contributed by atoms with Crippen molar-refractivity contribution in [2.24, 2.45) is 11.7 Å². The van der Waals surface area contributed by atoms with E-state index in [-0.39, 0.29) is 23.9 Å². The number of rotatable bonds is 3. The van der Waals surface area contributed by atoms with Crippen LogP contribution in [0.2, 0.25) is 0 Å². The first-order valence-corrected chi connectivity index (χ1v) is 9.17. The number of fused-ring (bicyclic) bond motifs is 1. The van der Waals surface area contributed by atoms with Crippen LogP contribution in [0.25, 0.3) is 10.9 Å². The Hall–Kier alpha value is -2.49. The highest BCUT2D eigenvalue weighted by Crippen LogP contribution is 2.25. The molecule has 6 heteroatoms. The van der Waals surface area contributed by atoms with Gasteiger partial charge in [0.1, 0.15) is 6.04 Å². The van der Waals surface area contributed by atoms with E-state index in [1.54, 1.807) is 4.90 Å². The Kier molecular flexibility index (Phi) is 4.58. The standard InChI is InChI=1S/C20H23N5O/c21-9-16-5-3-7-25(16)20(26)17-12-24(13-18(17)22)11-14-8-15-4-1-2-6-19(15)23-10-14/h1-2,4,6,8,10,16-18H,3,5,7,11-13,22H2/t16-,17+,18-/m0/s1. The van der Waals surface area contributed by atoms with E-state index in [2.05, 4.69) is 28.1 Å². The Bertz CT molecular complexity index is 861. The van der Waals surface area contributed by atoms with E-state index in [1.807, 2.05) is 24.4 Å². The summed E-state index contributed by atoms with van der Waals surface area (Å²) >= 11 is 0. The number of likely N-dealkylation sites (tertiary alicyclic amines) is 2. The van der Waals surface area contributed by atoms with Crippen molar-refractivity contribution in [3.63, 3.8) is 0 Å². The molecular formula is C20H23N5O. The lowest BCUT2D eigenvalue weighted by Crippen LogP contribution is -2.45. The summed E-state index contributed by atoms with van der Waals surface area (Å²) in [6, 6.07) is 12.0. The highest BCUT2D eigenvalue weighted by Gasteiger charge is 2.40. The van der Waals surface area contributed by atoms with E-state index in [0.717, 1.165) is 35.9 Å². The molecule has 2 aliphatic heterocycles. The lowest BCUT2D eigenvalue weighted by atomic mass is 10.0. The fourth-order valence-electron chi connectivity index (χ4n) is 4.14. The second kappa shape index (κ2) is 7.02. The number of amides is 1. The van der Waals surface area contributed by atoms with Crippen molar-refractivity contribution in [2.75, 3.05) is 19.6 Å². The molecule has 0 unspecified atom stereocenters. The molecule has 6 nitrogen and oxygen atoms in total. The molecule has 134 valence electrons. The van der Waals surface area contributed by atoms with Crippen LogP contribution in [0.3, 0.4) is 0 Å². The van der Waals surface area contributed by atoms with Crippen molar-refractivity contribution in [2.45, 2.75) is 31.5 Å². The fraction of sp³-hybridized carbons (Fsp3) is 0.450. The predicted octanol–water partition coefficient (Wildman–Crippen LogP) is 1.51. The molecule has 2 N–H and O–H groups in total. The van der Waals surface area contributed by atoms with Crippen LogP contribution in [-0.4, -0.2) is 52.4 Å². The van der Waals surface area contributed by atoms with Gasteiger partial charge in [0.2, 0.25) is 5.91 Å². The van der Waals surface area contributed by atoms with Gasteiger partial charge in [-0.15, -0.1) is 0 Å². The van der Waals surface area contributed by atoms with Crippen molar-refractivity contribution in [1.82, 2.24) is 14.8 Å². The molecule has 0 saturated carbocycles. The Morgan fingerprint density at radius 2 is 2.19 bits per heavy atom. The number of benzene rings is 1. The summed E-state index contributed by atoms with van der Waals surface area (Å²) in [6.07, 6.45) is 3.57. The highest BCUT2D eigenvalue weighted by molar-refractivity contribution is 5.81. The highest BCUT2D eigenvalue weighted by atomic mass is 16.2. The number of hydrogen-bond donors (Lipinski definition) is 1. The maximum atomic E-state index is 12.9. The molecule has 2 aromatic rings. The molecule has 4 rings (SSSR count). The maximum absolute atomic E-state index is 12.9. The lowest BCUT2D eigenvalue weighted by Gasteiger charge is -2.24. The van der Waals surface area contributed by atoms with E-state index in [0.29, 0.717) is 19.6 Å². The molecule has 1 aromatic heterocycles. The Morgan fingerprint density at radius 1 is 1.35 bits per heavy atom. The van der Waals surface area contributed by atoms with Gasteiger partial charge in [0.05, 0.1) is 17.5 Å². The zero-order valence-corrected chi connectivity index (χ0v) is 14.7. The summed E-state index contributed by atoms with van der Waals surface area (Å²) in [5.74, 6) is -0.182. The SMILES string of the molecule is N#C[C@@H]1CCCN1C(=O)[C@@H]1CN(Cc2cnc3ccccc3c2)C[C@@H]1N. The van der Waals surface area contributed by atoms with E-state index in [1.165, 1.54) is 0 Å². The van der Waals surface area contributed by atoms with Gasteiger partial charge in [-0.1, -0.05) is 18.2 Å². The topological polar surface area (TPSA) is 86.2 Å². The molecule has 0 radical (unpaired) electrons. The van der Waals surface area contributed by atoms with Crippen LogP contribution in [0.1, 0.15) is 18.4 Å². The van der Waals surface area contributed by atoms with E-state index >= 15 is 0 Å². The summed E-state index contributed by atoms with van der Waals surface area (Å²) in [6.45, 7) is 2.74. The Labute approximate surface area is 153 Å². The number of nitrogens with two attached hydrogens (primary N) is 1. The van der Waals surface area contributed by atoms with Crippen LogP contribution >= 0.6 is 0 Å². The third-order valence-electron chi connectivity index (χ3n) is 5.50. The fourth-order valence-corrected chi connectivity index (χ4v) is 4.14. The van der Waals surface area contributed by atoms with Crippen LogP contribution < -0.4 is 5.73 Å². The van der Waals surface area contributed by atoms with Crippen molar-refractivity contribution in [3.05, 3.63) is 42.1 Å². The van der Waals surface area contributed by atoms with Gasteiger partial charge in [-0.05, 0) is 30.5 Å². The van der Waals surface area contributed by atoms with Crippen molar-refractivity contribution >= 4 is 16.8 Å². The Morgan fingerprint density at radius 3 is 3.04 bits per heavy atom. The number of aromatic nitrogens is 1. The zero-order chi connectivity index (χ0) is 18.1. The quantitative estimate of drug-likeness (QED) is 0.908. The molecule has 0 bridgehead atoms. The van der Waals surface area contributed by atoms with Crippen LogP contribution in [0, 0.1) is 17.2 Å². The van der Waals surface area contributed by atoms with Gasteiger partial charge in [-0.2, -0.15) is 5.26 Å². The number of para-hydroxylation sites is 1. The van der Waals surface area contributed by atoms with Gasteiger partial charge in [-0.25, -0.2) is 0 Å². The Balaban J connectivity index is 1.44. The van der Waals surface area contributed by atoms with E-state index in [4.69, 9.17) is 5.73 Å². The minimum Gasteiger partial charge on any atom is -0.326 e. The van der Waals surface area contributed by atoms with Crippen LogP contribution in [0.4, 0.5) is 0 Å². The third kappa shape index (κ3) is 3.16. The zero-order valence-electron chi connectivity index (χ0n) is 14.7. The molecule has 26 heavy (non-hydrogen) atoms. The first kappa shape index (κ1) is 17.0. The molecule has 0 spiro atoms. The number of hydrogen-bond acceptors (Lipinski definition) is 5. The van der Waals surface area contributed by atoms with Crippen LogP contribution in [0.15, 0.2) is 36.5 Å². The van der Waals surface area contributed by atoms with Gasteiger partial charge in [0.15, 0.2) is 0 Å². The molecule has 2 aliphatic rings.